The van der Waals surface area contributed by atoms with E-state index < -0.39 is 16.1 Å². The van der Waals surface area contributed by atoms with Gasteiger partial charge in [0.25, 0.3) is 10.0 Å². The van der Waals surface area contributed by atoms with Crippen LogP contribution in [0.2, 0.25) is 0 Å². The Bertz CT molecular complexity index is 1170. The van der Waals surface area contributed by atoms with Crippen molar-refractivity contribution in [3.05, 3.63) is 46.7 Å². The first-order chi connectivity index (χ1) is 14.0. The standard InChI is InChI=1S/C19H17N3O3S4/c23-18(13-6-3-9-22(13)29(24,25)16-8-4-10-26-16)21-19-20-17-12-5-1-2-7-14(12)27-11-15(17)28-19/h1-2,4-5,7-8,10,13H,3,6,9,11H2,(H,20,21,23)/t13-/m1/s1. The van der Waals surface area contributed by atoms with Crippen molar-refractivity contribution >= 4 is 55.5 Å². The molecule has 0 unspecified atom stereocenters. The van der Waals surface area contributed by atoms with Crippen LogP contribution in [0.5, 0.6) is 0 Å². The number of fused-ring (bicyclic) bond motifs is 3. The maximum atomic E-state index is 12.9. The number of sulfonamides is 1. The minimum Gasteiger partial charge on any atom is -0.301 e. The van der Waals surface area contributed by atoms with Crippen LogP contribution < -0.4 is 5.32 Å². The normalized spacial score (nSPS) is 19.0. The second-order valence-corrected chi connectivity index (χ2v) is 11.9. The predicted molar refractivity (Wildman–Crippen MR) is 117 cm³/mol. The Morgan fingerprint density at radius 2 is 2.07 bits per heavy atom. The molecule has 1 N–H and O–H groups in total. The number of thioether (sulfide) groups is 1. The Morgan fingerprint density at radius 1 is 1.21 bits per heavy atom. The number of benzene rings is 1. The summed E-state index contributed by atoms with van der Waals surface area (Å²) in [6, 6.07) is 10.7. The van der Waals surface area contributed by atoms with Gasteiger partial charge in [0.15, 0.2) is 5.13 Å². The summed E-state index contributed by atoms with van der Waals surface area (Å²) in [6.45, 7) is 0.358. The van der Waals surface area contributed by atoms with Gasteiger partial charge in [-0.3, -0.25) is 4.79 Å². The first-order valence-electron chi connectivity index (χ1n) is 9.12. The van der Waals surface area contributed by atoms with Crippen LogP contribution in [0.15, 0.2) is 50.9 Å². The molecule has 2 aliphatic heterocycles. The van der Waals surface area contributed by atoms with Crippen molar-refractivity contribution in [2.75, 3.05) is 11.9 Å². The zero-order valence-electron chi connectivity index (χ0n) is 15.2. The van der Waals surface area contributed by atoms with Crippen molar-refractivity contribution in [2.45, 2.75) is 33.7 Å². The first kappa shape index (κ1) is 19.3. The fraction of sp³-hybridized carbons (Fsp3) is 0.263. The molecule has 6 nitrogen and oxygen atoms in total. The van der Waals surface area contributed by atoms with Crippen molar-refractivity contribution in [1.82, 2.24) is 9.29 Å². The Morgan fingerprint density at radius 3 is 2.90 bits per heavy atom. The summed E-state index contributed by atoms with van der Waals surface area (Å²) in [5.74, 6) is 0.511. The minimum atomic E-state index is -3.65. The van der Waals surface area contributed by atoms with Crippen LogP contribution in [0, 0.1) is 0 Å². The molecule has 10 heteroatoms. The van der Waals surface area contributed by atoms with Crippen LogP contribution in [-0.4, -0.2) is 36.2 Å². The number of thiazole rings is 1. The lowest BCUT2D eigenvalue weighted by molar-refractivity contribution is -0.119. The molecule has 1 saturated heterocycles. The van der Waals surface area contributed by atoms with Gasteiger partial charge in [0.2, 0.25) is 5.91 Å². The fourth-order valence-corrected chi connectivity index (χ4v) is 8.53. The summed E-state index contributed by atoms with van der Waals surface area (Å²) in [4.78, 5) is 19.9. The summed E-state index contributed by atoms with van der Waals surface area (Å²) in [6.07, 6.45) is 1.18. The van der Waals surface area contributed by atoms with Gasteiger partial charge in [0.1, 0.15) is 10.3 Å². The van der Waals surface area contributed by atoms with E-state index in [2.05, 4.69) is 16.4 Å². The van der Waals surface area contributed by atoms with E-state index >= 15 is 0 Å². The second-order valence-electron chi connectivity index (χ2n) is 6.77. The number of rotatable bonds is 4. The van der Waals surface area contributed by atoms with E-state index in [4.69, 9.17) is 0 Å². The molecule has 0 radical (unpaired) electrons. The van der Waals surface area contributed by atoms with Crippen LogP contribution in [0.4, 0.5) is 5.13 Å². The summed E-state index contributed by atoms with van der Waals surface area (Å²) in [5.41, 5.74) is 1.99. The number of nitrogens with zero attached hydrogens (tertiary/aromatic N) is 2. The molecule has 0 aliphatic carbocycles. The number of anilines is 1. The van der Waals surface area contributed by atoms with Crippen molar-refractivity contribution in [3.63, 3.8) is 0 Å². The van der Waals surface area contributed by atoms with E-state index in [9.17, 15) is 13.2 Å². The fourth-order valence-electron chi connectivity index (χ4n) is 3.65. The molecule has 3 aromatic rings. The molecule has 2 aromatic heterocycles. The number of aromatic nitrogens is 1. The average molecular weight is 464 g/mol. The molecule has 2 aliphatic rings. The van der Waals surface area contributed by atoms with Gasteiger partial charge < -0.3 is 5.32 Å². The molecule has 0 spiro atoms. The molecule has 0 saturated carbocycles. The van der Waals surface area contributed by atoms with Crippen molar-refractivity contribution < 1.29 is 13.2 Å². The summed E-state index contributed by atoms with van der Waals surface area (Å²) >= 11 is 4.40. The van der Waals surface area contributed by atoms with Gasteiger partial charge in [0, 0.05) is 27.6 Å². The smallest absolute Gasteiger partial charge is 0.253 e. The number of carbonyl (C=O) groups is 1. The Hall–Kier alpha value is -1.72. The van der Waals surface area contributed by atoms with E-state index in [1.54, 1.807) is 29.3 Å². The van der Waals surface area contributed by atoms with Crippen LogP contribution in [0.25, 0.3) is 11.3 Å². The molecule has 150 valence electrons. The molecule has 1 fully saturated rings. The Balaban J connectivity index is 1.38. The number of hydrogen-bond acceptors (Lipinski definition) is 7. The highest BCUT2D eigenvalue weighted by atomic mass is 32.2. The molecule has 1 atom stereocenters. The van der Waals surface area contributed by atoms with Crippen LogP contribution in [0.1, 0.15) is 17.7 Å². The molecule has 0 bridgehead atoms. The van der Waals surface area contributed by atoms with E-state index in [-0.39, 0.29) is 10.1 Å². The Labute approximate surface area is 181 Å². The third kappa shape index (κ3) is 3.42. The highest BCUT2D eigenvalue weighted by Crippen LogP contribution is 2.44. The van der Waals surface area contributed by atoms with Crippen LogP contribution in [0.3, 0.4) is 0 Å². The first-order valence-corrected chi connectivity index (χ1v) is 13.2. The van der Waals surface area contributed by atoms with Crippen molar-refractivity contribution in [2.24, 2.45) is 0 Å². The number of hydrogen-bond donors (Lipinski definition) is 1. The van der Waals surface area contributed by atoms with Crippen LogP contribution in [-0.2, 0) is 20.6 Å². The van der Waals surface area contributed by atoms with E-state index in [1.165, 1.54) is 31.9 Å². The number of carbonyl (C=O) groups excluding carboxylic acids is 1. The number of nitrogens with one attached hydrogen (secondary N) is 1. The lowest BCUT2D eigenvalue weighted by Gasteiger charge is -2.22. The number of amides is 1. The van der Waals surface area contributed by atoms with E-state index in [1.807, 2.05) is 18.2 Å². The van der Waals surface area contributed by atoms with Crippen molar-refractivity contribution in [1.29, 1.82) is 0 Å². The Kier molecular flexibility index (Phi) is 4.99. The quantitative estimate of drug-likeness (QED) is 0.625. The van der Waals surface area contributed by atoms with Gasteiger partial charge in [-0.05, 0) is 30.4 Å². The summed E-state index contributed by atoms with van der Waals surface area (Å²) < 4.78 is 27.4. The summed E-state index contributed by atoms with van der Waals surface area (Å²) in [5, 5.41) is 5.13. The van der Waals surface area contributed by atoms with Gasteiger partial charge in [-0.15, -0.1) is 34.4 Å². The van der Waals surface area contributed by atoms with E-state index in [0.717, 1.165) is 21.9 Å². The molecule has 29 heavy (non-hydrogen) atoms. The largest absolute Gasteiger partial charge is 0.301 e. The number of thiophene rings is 1. The van der Waals surface area contributed by atoms with Gasteiger partial charge in [0.05, 0.1) is 5.69 Å². The SMILES string of the molecule is O=C(Nc1nc2c(s1)CSc1ccccc1-2)[C@H]1CCCN1S(=O)(=O)c1cccs1. The zero-order chi connectivity index (χ0) is 20.0. The monoisotopic (exact) mass is 463 g/mol. The maximum absolute atomic E-state index is 12.9. The predicted octanol–water partition coefficient (Wildman–Crippen LogP) is 4.27. The lowest BCUT2D eigenvalue weighted by Crippen LogP contribution is -2.42. The molecular formula is C19H17N3O3S4. The molecule has 5 rings (SSSR count). The third-order valence-corrected chi connectivity index (χ3v) is 10.5. The minimum absolute atomic E-state index is 0.274. The maximum Gasteiger partial charge on any atom is 0.253 e. The van der Waals surface area contributed by atoms with Gasteiger partial charge in [-0.1, -0.05) is 24.3 Å². The van der Waals surface area contributed by atoms with Crippen LogP contribution >= 0.6 is 34.4 Å². The average Bonchev–Trinajstić information content (AvgIpc) is 3.47. The highest BCUT2D eigenvalue weighted by Gasteiger charge is 2.40. The molecule has 4 heterocycles. The summed E-state index contributed by atoms with van der Waals surface area (Å²) in [7, 11) is -3.65. The topological polar surface area (TPSA) is 79.4 Å². The molecule has 1 amide bonds. The lowest BCUT2D eigenvalue weighted by atomic mass is 10.1. The van der Waals surface area contributed by atoms with E-state index in [0.29, 0.717) is 24.5 Å². The van der Waals surface area contributed by atoms with Crippen molar-refractivity contribution in [3.8, 4) is 11.3 Å². The third-order valence-electron chi connectivity index (χ3n) is 4.99. The highest BCUT2D eigenvalue weighted by molar-refractivity contribution is 7.98. The van der Waals surface area contributed by atoms with Gasteiger partial charge in [-0.25, -0.2) is 13.4 Å². The molecular weight excluding hydrogens is 446 g/mol. The second kappa shape index (κ2) is 7.51. The van der Waals surface area contributed by atoms with Gasteiger partial charge in [-0.2, -0.15) is 4.31 Å². The molecule has 1 aromatic carbocycles. The zero-order valence-corrected chi connectivity index (χ0v) is 18.5. The van der Waals surface area contributed by atoms with Gasteiger partial charge >= 0.3 is 0 Å².